The summed E-state index contributed by atoms with van der Waals surface area (Å²) in [5.41, 5.74) is 1.80. The maximum absolute atomic E-state index is 4.13. The number of aromatic nitrogens is 5. The van der Waals surface area contributed by atoms with Crippen molar-refractivity contribution >= 4 is 16.6 Å². The van der Waals surface area contributed by atoms with E-state index in [1.165, 1.54) is 6.33 Å². The Balaban J connectivity index is 1.95. The zero-order chi connectivity index (χ0) is 12.4. The van der Waals surface area contributed by atoms with E-state index in [-0.39, 0.29) is 6.04 Å². The summed E-state index contributed by atoms with van der Waals surface area (Å²) in [7, 11) is 0. The van der Waals surface area contributed by atoms with Crippen molar-refractivity contribution in [3.05, 3.63) is 42.6 Å². The number of benzene rings is 1. The topological polar surface area (TPSA) is 79.4 Å². The van der Waals surface area contributed by atoms with Crippen LogP contribution in [0, 0.1) is 0 Å². The molecule has 0 aliphatic carbocycles. The van der Waals surface area contributed by atoms with Crippen LogP contribution in [0.2, 0.25) is 0 Å². The third-order valence-corrected chi connectivity index (χ3v) is 2.76. The van der Waals surface area contributed by atoms with Gasteiger partial charge >= 0.3 is 0 Å². The number of H-pyrrole nitrogens is 1. The van der Waals surface area contributed by atoms with Crippen molar-refractivity contribution in [2.45, 2.75) is 13.0 Å². The van der Waals surface area contributed by atoms with Gasteiger partial charge in [-0.1, -0.05) is 18.2 Å². The highest BCUT2D eigenvalue weighted by Crippen LogP contribution is 2.23. The number of hydrogen-bond donors (Lipinski definition) is 2. The van der Waals surface area contributed by atoms with Gasteiger partial charge in [0.15, 0.2) is 0 Å². The lowest BCUT2D eigenvalue weighted by molar-refractivity contribution is 0.795. The minimum atomic E-state index is 0.0279. The Kier molecular flexibility index (Phi) is 2.60. The molecule has 2 heterocycles. The van der Waals surface area contributed by atoms with Gasteiger partial charge in [0.1, 0.15) is 12.2 Å². The van der Waals surface area contributed by atoms with Crippen LogP contribution in [0.5, 0.6) is 0 Å². The number of nitrogens with one attached hydrogen (secondary N) is 2. The van der Waals surface area contributed by atoms with Crippen LogP contribution < -0.4 is 5.32 Å². The maximum atomic E-state index is 4.13. The van der Waals surface area contributed by atoms with Gasteiger partial charge in [-0.3, -0.25) is 5.10 Å². The zero-order valence-electron chi connectivity index (χ0n) is 9.83. The van der Waals surface area contributed by atoms with E-state index in [0.29, 0.717) is 0 Å². The number of aromatic amines is 1. The monoisotopic (exact) mass is 240 g/mol. The van der Waals surface area contributed by atoms with E-state index >= 15 is 0 Å². The summed E-state index contributed by atoms with van der Waals surface area (Å²) in [4.78, 5) is 4.13. The summed E-state index contributed by atoms with van der Waals surface area (Å²) < 4.78 is 0. The summed E-state index contributed by atoms with van der Waals surface area (Å²) in [6, 6.07) is 7.90. The molecule has 0 aliphatic rings. The van der Waals surface area contributed by atoms with E-state index < -0.39 is 0 Å². The molecule has 18 heavy (non-hydrogen) atoms. The van der Waals surface area contributed by atoms with Gasteiger partial charge in [0, 0.05) is 5.39 Å². The van der Waals surface area contributed by atoms with Crippen molar-refractivity contribution in [1.29, 1.82) is 0 Å². The number of nitrogens with zero attached hydrogens (tertiary/aromatic N) is 4. The number of anilines is 1. The molecule has 0 radical (unpaired) electrons. The van der Waals surface area contributed by atoms with Gasteiger partial charge < -0.3 is 5.32 Å². The molecule has 3 aromatic rings. The predicted octanol–water partition coefficient (Wildman–Crippen LogP) is 1.92. The minimum Gasteiger partial charge on any atom is -0.374 e. The molecule has 0 amide bonds. The highest BCUT2D eigenvalue weighted by atomic mass is 15.2. The number of hydrogen-bond acceptors (Lipinski definition) is 5. The standard InChI is InChI=1S/C12H12N6/c1-8(12-13-7-15-18-12)16-11-6-14-17-10-5-3-2-4-9(10)11/h2-8H,1H3,(H,16,17)(H,13,15,18). The average Bonchev–Trinajstić information content (AvgIpc) is 2.93. The van der Waals surface area contributed by atoms with Gasteiger partial charge in [0.2, 0.25) is 0 Å². The van der Waals surface area contributed by atoms with Gasteiger partial charge in [-0.2, -0.15) is 15.3 Å². The van der Waals surface area contributed by atoms with Crippen LogP contribution in [0.25, 0.3) is 10.9 Å². The Morgan fingerprint density at radius 1 is 1.28 bits per heavy atom. The smallest absolute Gasteiger partial charge is 0.146 e. The summed E-state index contributed by atoms with van der Waals surface area (Å²) in [6.07, 6.45) is 3.21. The number of rotatable bonds is 3. The van der Waals surface area contributed by atoms with Gasteiger partial charge in [0.25, 0.3) is 0 Å². The van der Waals surface area contributed by atoms with Crippen LogP contribution in [-0.2, 0) is 0 Å². The summed E-state index contributed by atoms with van der Waals surface area (Å²) in [6.45, 7) is 2.01. The molecule has 0 fully saturated rings. The molecule has 1 atom stereocenters. The van der Waals surface area contributed by atoms with Crippen LogP contribution in [0.4, 0.5) is 5.69 Å². The largest absolute Gasteiger partial charge is 0.374 e. The lowest BCUT2D eigenvalue weighted by Crippen LogP contribution is -2.09. The molecule has 0 bridgehead atoms. The van der Waals surface area contributed by atoms with Gasteiger partial charge in [0.05, 0.1) is 23.4 Å². The molecule has 0 saturated carbocycles. The fourth-order valence-corrected chi connectivity index (χ4v) is 1.85. The molecule has 2 N–H and O–H groups in total. The highest BCUT2D eigenvalue weighted by Gasteiger charge is 2.10. The second-order valence-corrected chi connectivity index (χ2v) is 4.01. The third-order valence-electron chi connectivity index (χ3n) is 2.76. The first-order valence-electron chi connectivity index (χ1n) is 5.67. The van der Waals surface area contributed by atoms with Crippen molar-refractivity contribution in [2.24, 2.45) is 0 Å². The van der Waals surface area contributed by atoms with Gasteiger partial charge in [-0.25, -0.2) is 4.98 Å². The second-order valence-electron chi connectivity index (χ2n) is 4.01. The molecule has 3 rings (SSSR count). The Morgan fingerprint density at radius 3 is 3.00 bits per heavy atom. The Morgan fingerprint density at radius 2 is 2.17 bits per heavy atom. The minimum absolute atomic E-state index is 0.0279. The first-order chi connectivity index (χ1) is 8.84. The lowest BCUT2D eigenvalue weighted by atomic mass is 10.2. The summed E-state index contributed by atoms with van der Waals surface area (Å²) in [5, 5.41) is 19.2. The SMILES string of the molecule is CC(Nc1cnnc2ccccc12)c1ncn[nH]1. The van der Waals surface area contributed by atoms with E-state index in [1.54, 1.807) is 6.20 Å². The van der Waals surface area contributed by atoms with Crippen molar-refractivity contribution in [1.82, 2.24) is 25.4 Å². The number of fused-ring (bicyclic) bond motifs is 1. The summed E-state index contributed by atoms with van der Waals surface area (Å²) in [5.74, 6) is 0.788. The zero-order valence-corrected chi connectivity index (χ0v) is 9.83. The van der Waals surface area contributed by atoms with Crippen molar-refractivity contribution in [3.8, 4) is 0 Å². The normalized spacial score (nSPS) is 12.5. The Hall–Kier alpha value is -2.50. The molecule has 1 aromatic carbocycles. The molecule has 0 spiro atoms. The molecule has 2 aromatic heterocycles. The van der Waals surface area contributed by atoms with Crippen LogP contribution in [0.1, 0.15) is 18.8 Å². The fourth-order valence-electron chi connectivity index (χ4n) is 1.85. The molecular formula is C12H12N6. The predicted molar refractivity (Wildman–Crippen MR) is 68.0 cm³/mol. The molecule has 1 unspecified atom stereocenters. The average molecular weight is 240 g/mol. The maximum Gasteiger partial charge on any atom is 0.146 e. The third kappa shape index (κ3) is 1.88. The van der Waals surface area contributed by atoms with Crippen molar-refractivity contribution in [3.63, 3.8) is 0 Å². The molecule has 0 aliphatic heterocycles. The first-order valence-corrected chi connectivity index (χ1v) is 5.67. The van der Waals surface area contributed by atoms with Crippen LogP contribution >= 0.6 is 0 Å². The first kappa shape index (κ1) is 10.6. The molecule has 0 saturated heterocycles. The van der Waals surface area contributed by atoms with E-state index in [2.05, 4.69) is 30.7 Å². The van der Waals surface area contributed by atoms with Gasteiger partial charge in [-0.15, -0.1) is 0 Å². The van der Waals surface area contributed by atoms with E-state index in [0.717, 1.165) is 22.4 Å². The molecule has 6 heteroatoms. The van der Waals surface area contributed by atoms with Crippen LogP contribution in [-0.4, -0.2) is 25.4 Å². The van der Waals surface area contributed by atoms with Gasteiger partial charge in [-0.05, 0) is 13.0 Å². The Labute approximate surface area is 103 Å². The fraction of sp³-hybridized carbons (Fsp3) is 0.167. The van der Waals surface area contributed by atoms with Crippen LogP contribution in [0.3, 0.4) is 0 Å². The van der Waals surface area contributed by atoms with Crippen LogP contribution in [0.15, 0.2) is 36.8 Å². The second kappa shape index (κ2) is 4.40. The highest BCUT2D eigenvalue weighted by molar-refractivity contribution is 5.90. The van der Waals surface area contributed by atoms with Crippen molar-refractivity contribution < 1.29 is 0 Å². The lowest BCUT2D eigenvalue weighted by Gasteiger charge is -2.13. The quantitative estimate of drug-likeness (QED) is 0.731. The van der Waals surface area contributed by atoms with E-state index in [4.69, 9.17) is 0 Å². The summed E-state index contributed by atoms with van der Waals surface area (Å²) >= 11 is 0. The van der Waals surface area contributed by atoms with E-state index in [1.807, 2.05) is 31.2 Å². The molecule has 90 valence electrons. The van der Waals surface area contributed by atoms with E-state index in [9.17, 15) is 0 Å². The van der Waals surface area contributed by atoms with Crippen molar-refractivity contribution in [2.75, 3.05) is 5.32 Å². The molecule has 6 nitrogen and oxygen atoms in total. The Bertz CT molecular complexity index is 643. The molecular weight excluding hydrogens is 228 g/mol.